The molecule has 0 fully saturated rings. The highest BCUT2D eigenvalue weighted by Gasteiger charge is 2.05. The quantitative estimate of drug-likeness (QED) is 0.855. The summed E-state index contributed by atoms with van der Waals surface area (Å²) >= 11 is 0. The first kappa shape index (κ1) is 13.0. The Morgan fingerprint density at radius 3 is 2.68 bits per heavy atom. The van der Waals surface area contributed by atoms with Crippen LogP contribution in [0.1, 0.15) is 18.5 Å². The summed E-state index contributed by atoms with van der Waals surface area (Å²) in [6.07, 6.45) is -0.167. The molecule has 1 heterocycles. The van der Waals surface area contributed by atoms with Crippen LogP contribution >= 0.6 is 0 Å². The number of nitrogens with one attached hydrogen (secondary N) is 1. The molecule has 0 unspecified atom stereocenters. The first-order valence-corrected chi connectivity index (χ1v) is 5.98. The van der Waals surface area contributed by atoms with Crippen LogP contribution in [0.25, 0.3) is 10.9 Å². The van der Waals surface area contributed by atoms with E-state index in [4.69, 9.17) is 5.11 Å². The summed E-state index contributed by atoms with van der Waals surface area (Å²) in [6.45, 7) is 0.309. The molecule has 0 aliphatic rings. The van der Waals surface area contributed by atoms with Crippen LogP contribution < -0.4 is 5.32 Å². The molecule has 19 heavy (non-hydrogen) atoms. The molecular weight excluding hydrogens is 244 g/mol. The number of carbonyl (C=O) groups is 2. The molecule has 0 aliphatic heterocycles. The van der Waals surface area contributed by atoms with Crippen molar-refractivity contribution in [1.82, 2.24) is 10.3 Å². The minimum Gasteiger partial charge on any atom is -0.481 e. The number of fused-ring (bicyclic) bond motifs is 1. The number of para-hydroxylation sites is 1. The number of aromatic nitrogens is 1. The Hall–Kier alpha value is -2.43. The molecule has 0 spiro atoms. The van der Waals surface area contributed by atoms with E-state index < -0.39 is 5.97 Å². The first-order chi connectivity index (χ1) is 9.15. The van der Waals surface area contributed by atoms with Gasteiger partial charge in [-0.1, -0.05) is 24.3 Å². The second-order valence-electron chi connectivity index (χ2n) is 4.17. The van der Waals surface area contributed by atoms with Gasteiger partial charge >= 0.3 is 5.97 Å². The number of pyridine rings is 1. The molecule has 5 nitrogen and oxygen atoms in total. The molecule has 0 saturated carbocycles. The summed E-state index contributed by atoms with van der Waals surface area (Å²) in [6, 6.07) is 11.5. The second kappa shape index (κ2) is 5.95. The van der Waals surface area contributed by atoms with Gasteiger partial charge in [0.2, 0.25) is 5.91 Å². The van der Waals surface area contributed by atoms with E-state index in [0.717, 1.165) is 16.6 Å². The van der Waals surface area contributed by atoms with Crippen molar-refractivity contribution in [3.8, 4) is 0 Å². The number of carboxylic acids is 1. The minimum absolute atomic E-state index is 0.0110. The second-order valence-corrected chi connectivity index (χ2v) is 4.17. The highest BCUT2D eigenvalue weighted by atomic mass is 16.4. The van der Waals surface area contributed by atoms with Gasteiger partial charge in [-0.05, 0) is 12.1 Å². The molecule has 98 valence electrons. The van der Waals surface area contributed by atoms with Crippen molar-refractivity contribution < 1.29 is 14.7 Å². The van der Waals surface area contributed by atoms with Gasteiger partial charge in [0.25, 0.3) is 0 Å². The summed E-state index contributed by atoms with van der Waals surface area (Å²) in [5.74, 6) is -1.25. The van der Waals surface area contributed by atoms with Gasteiger partial charge in [0.15, 0.2) is 0 Å². The lowest BCUT2D eigenvalue weighted by Crippen LogP contribution is -2.23. The van der Waals surface area contributed by atoms with Gasteiger partial charge in [-0.25, -0.2) is 0 Å². The van der Waals surface area contributed by atoms with Crippen molar-refractivity contribution >= 4 is 22.8 Å². The summed E-state index contributed by atoms with van der Waals surface area (Å²) in [7, 11) is 0. The summed E-state index contributed by atoms with van der Waals surface area (Å²) in [5, 5.41) is 12.2. The fourth-order valence-electron chi connectivity index (χ4n) is 1.70. The molecule has 0 radical (unpaired) electrons. The molecule has 5 heteroatoms. The number of hydrogen-bond acceptors (Lipinski definition) is 3. The number of nitrogens with zero attached hydrogens (tertiary/aromatic N) is 1. The third-order valence-electron chi connectivity index (χ3n) is 2.69. The van der Waals surface area contributed by atoms with E-state index in [1.807, 2.05) is 36.4 Å². The fraction of sp³-hybridized carbons (Fsp3) is 0.214. The van der Waals surface area contributed by atoms with Gasteiger partial charge in [-0.2, -0.15) is 0 Å². The monoisotopic (exact) mass is 258 g/mol. The standard InChI is InChI=1S/C14H14N2O3/c17-13(7-8-14(18)19)15-9-11-6-5-10-3-1-2-4-12(10)16-11/h1-6H,7-9H2,(H,15,17)(H,18,19). The van der Waals surface area contributed by atoms with E-state index in [9.17, 15) is 9.59 Å². The molecule has 2 N–H and O–H groups in total. The van der Waals surface area contributed by atoms with Gasteiger partial charge in [0.05, 0.1) is 24.2 Å². The Morgan fingerprint density at radius 1 is 1.11 bits per heavy atom. The van der Waals surface area contributed by atoms with Crippen molar-refractivity contribution in [3.05, 3.63) is 42.1 Å². The SMILES string of the molecule is O=C(O)CCC(=O)NCc1ccc2ccccc2n1. The summed E-state index contributed by atoms with van der Waals surface area (Å²) in [4.78, 5) is 26.1. The summed E-state index contributed by atoms with van der Waals surface area (Å²) in [5.41, 5.74) is 1.63. The predicted molar refractivity (Wildman–Crippen MR) is 70.5 cm³/mol. The predicted octanol–water partition coefficient (Wildman–Crippen LogP) is 1.72. The Balaban J connectivity index is 1.94. The molecule has 1 amide bonds. The van der Waals surface area contributed by atoms with Gasteiger partial charge in [0, 0.05) is 11.8 Å². The van der Waals surface area contributed by atoms with Crippen LogP contribution in [0.15, 0.2) is 36.4 Å². The number of rotatable bonds is 5. The van der Waals surface area contributed by atoms with Crippen molar-refractivity contribution in [2.45, 2.75) is 19.4 Å². The van der Waals surface area contributed by atoms with Crippen LogP contribution in [0.4, 0.5) is 0 Å². The third-order valence-corrected chi connectivity index (χ3v) is 2.69. The maximum Gasteiger partial charge on any atom is 0.303 e. The minimum atomic E-state index is -0.973. The van der Waals surface area contributed by atoms with Crippen LogP contribution in [-0.4, -0.2) is 22.0 Å². The van der Waals surface area contributed by atoms with Crippen molar-refractivity contribution in [2.75, 3.05) is 0 Å². The molecule has 2 aromatic rings. The average Bonchev–Trinajstić information content (AvgIpc) is 2.42. The fourth-order valence-corrected chi connectivity index (χ4v) is 1.70. The number of carbonyl (C=O) groups excluding carboxylic acids is 1. The van der Waals surface area contributed by atoms with E-state index in [1.54, 1.807) is 0 Å². The molecule has 0 aliphatic carbocycles. The Bertz CT molecular complexity index is 610. The summed E-state index contributed by atoms with van der Waals surface area (Å²) < 4.78 is 0. The number of hydrogen-bond donors (Lipinski definition) is 2. The normalized spacial score (nSPS) is 10.3. The number of benzene rings is 1. The van der Waals surface area contributed by atoms with Crippen LogP contribution in [0.5, 0.6) is 0 Å². The maximum absolute atomic E-state index is 11.4. The molecule has 1 aromatic carbocycles. The average molecular weight is 258 g/mol. The maximum atomic E-state index is 11.4. The molecule has 0 bridgehead atoms. The zero-order valence-electron chi connectivity index (χ0n) is 10.3. The van der Waals surface area contributed by atoms with Gasteiger partial charge in [-0.15, -0.1) is 0 Å². The lowest BCUT2D eigenvalue weighted by molar-refractivity contribution is -0.138. The molecule has 1 aromatic heterocycles. The molecule has 2 rings (SSSR count). The van der Waals surface area contributed by atoms with E-state index in [0.29, 0.717) is 6.54 Å². The zero-order chi connectivity index (χ0) is 13.7. The molecule has 0 saturated heterocycles. The first-order valence-electron chi connectivity index (χ1n) is 5.98. The lowest BCUT2D eigenvalue weighted by atomic mass is 10.2. The van der Waals surface area contributed by atoms with E-state index in [-0.39, 0.29) is 18.7 Å². The highest BCUT2D eigenvalue weighted by Crippen LogP contribution is 2.11. The molecular formula is C14H14N2O3. The zero-order valence-corrected chi connectivity index (χ0v) is 10.3. The van der Waals surface area contributed by atoms with E-state index >= 15 is 0 Å². The Labute approximate surface area is 110 Å². The Kier molecular flexibility index (Phi) is 4.07. The van der Waals surface area contributed by atoms with Crippen molar-refractivity contribution in [2.24, 2.45) is 0 Å². The topological polar surface area (TPSA) is 79.3 Å². The highest BCUT2D eigenvalue weighted by molar-refractivity contribution is 5.81. The number of aliphatic carboxylic acids is 1. The van der Waals surface area contributed by atoms with Crippen LogP contribution in [-0.2, 0) is 16.1 Å². The van der Waals surface area contributed by atoms with Crippen LogP contribution in [0, 0.1) is 0 Å². The smallest absolute Gasteiger partial charge is 0.303 e. The molecule has 0 atom stereocenters. The largest absolute Gasteiger partial charge is 0.481 e. The van der Waals surface area contributed by atoms with E-state index in [2.05, 4.69) is 10.3 Å². The van der Waals surface area contributed by atoms with Crippen LogP contribution in [0.2, 0.25) is 0 Å². The number of amides is 1. The number of carboxylic acid groups (broad SMARTS) is 1. The van der Waals surface area contributed by atoms with Crippen molar-refractivity contribution in [3.63, 3.8) is 0 Å². The Morgan fingerprint density at radius 2 is 1.89 bits per heavy atom. The van der Waals surface area contributed by atoms with Gasteiger partial charge in [0.1, 0.15) is 0 Å². The van der Waals surface area contributed by atoms with Crippen molar-refractivity contribution in [1.29, 1.82) is 0 Å². The van der Waals surface area contributed by atoms with Gasteiger partial charge in [-0.3, -0.25) is 14.6 Å². The van der Waals surface area contributed by atoms with Gasteiger partial charge < -0.3 is 10.4 Å². The lowest BCUT2D eigenvalue weighted by Gasteiger charge is -2.05. The third kappa shape index (κ3) is 3.77. The van der Waals surface area contributed by atoms with E-state index in [1.165, 1.54) is 0 Å². The van der Waals surface area contributed by atoms with Crippen LogP contribution in [0.3, 0.4) is 0 Å².